The van der Waals surface area contributed by atoms with Gasteiger partial charge in [0.25, 0.3) is 0 Å². The van der Waals surface area contributed by atoms with Crippen LogP contribution in [0, 0.1) is 5.82 Å². The number of benzene rings is 1. The van der Waals surface area contributed by atoms with E-state index in [1.807, 2.05) is 19.9 Å². The van der Waals surface area contributed by atoms with Gasteiger partial charge in [0, 0.05) is 12.6 Å². The lowest BCUT2D eigenvalue weighted by Crippen LogP contribution is -2.18. The summed E-state index contributed by atoms with van der Waals surface area (Å²) in [5, 5.41) is 6.81. The molecule has 1 aromatic carbocycles. The number of nitrogens with zero attached hydrogens (tertiary/aromatic N) is 2. The van der Waals surface area contributed by atoms with E-state index in [9.17, 15) is 9.18 Å². The SMILES string of the molecule is CCCn1c(Sc2ccc(CC(C)N)cc2F)n[nH]c1=O. The molecular formula is C14H19FN4OS. The molecule has 3 N–H and O–H groups in total. The van der Waals surface area contributed by atoms with Crippen LogP contribution in [0.25, 0.3) is 0 Å². The molecule has 21 heavy (non-hydrogen) atoms. The van der Waals surface area contributed by atoms with Crippen molar-refractivity contribution < 1.29 is 4.39 Å². The largest absolute Gasteiger partial charge is 0.343 e. The Labute approximate surface area is 126 Å². The summed E-state index contributed by atoms with van der Waals surface area (Å²) >= 11 is 1.14. The topological polar surface area (TPSA) is 76.7 Å². The highest BCUT2D eigenvalue weighted by Crippen LogP contribution is 2.28. The molecule has 1 aromatic heterocycles. The maximum Gasteiger partial charge on any atom is 0.343 e. The zero-order valence-corrected chi connectivity index (χ0v) is 12.9. The van der Waals surface area contributed by atoms with Crippen LogP contribution in [0.5, 0.6) is 0 Å². The Morgan fingerprint density at radius 2 is 2.29 bits per heavy atom. The molecule has 0 aliphatic carbocycles. The number of aromatic amines is 1. The van der Waals surface area contributed by atoms with Crippen molar-refractivity contribution in [1.29, 1.82) is 0 Å². The van der Waals surface area contributed by atoms with E-state index < -0.39 is 0 Å². The number of aromatic nitrogens is 3. The first-order valence-corrected chi connectivity index (χ1v) is 7.70. The third-order valence-electron chi connectivity index (χ3n) is 2.93. The summed E-state index contributed by atoms with van der Waals surface area (Å²) in [4.78, 5) is 12.0. The molecule has 0 bridgehead atoms. The van der Waals surface area contributed by atoms with Crippen LogP contribution in [-0.2, 0) is 13.0 Å². The van der Waals surface area contributed by atoms with Crippen LogP contribution in [0.4, 0.5) is 4.39 Å². The average molecular weight is 310 g/mol. The molecule has 0 saturated carbocycles. The summed E-state index contributed by atoms with van der Waals surface area (Å²) < 4.78 is 15.6. The van der Waals surface area contributed by atoms with Gasteiger partial charge in [0.05, 0.1) is 4.90 Å². The van der Waals surface area contributed by atoms with Crippen molar-refractivity contribution in [2.24, 2.45) is 5.73 Å². The summed E-state index contributed by atoms with van der Waals surface area (Å²) in [7, 11) is 0. The molecule has 5 nitrogen and oxygen atoms in total. The van der Waals surface area contributed by atoms with E-state index in [0.717, 1.165) is 23.7 Å². The van der Waals surface area contributed by atoms with Gasteiger partial charge >= 0.3 is 5.69 Å². The normalized spacial score (nSPS) is 12.6. The number of rotatable bonds is 6. The van der Waals surface area contributed by atoms with Crippen molar-refractivity contribution in [3.05, 3.63) is 40.1 Å². The molecule has 0 radical (unpaired) electrons. The van der Waals surface area contributed by atoms with E-state index in [2.05, 4.69) is 10.2 Å². The van der Waals surface area contributed by atoms with Crippen LogP contribution in [0.15, 0.2) is 33.0 Å². The summed E-state index contributed by atoms with van der Waals surface area (Å²) in [5.74, 6) is -0.323. The molecule has 0 fully saturated rings. The lowest BCUT2D eigenvalue weighted by Gasteiger charge is -2.08. The smallest absolute Gasteiger partial charge is 0.328 e. The molecule has 114 valence electrons. The molecule has 0 amide bonds. The minimum absolute atomic E-state index is 0.0102. The average Bonchev–Trinajstić information content (AvgIpc) is 2.74. The molecule has 7 heteroatoms. The maximum atomic E-state index is 14.1. The number of halogens is 1. The fourth-order valence-electron chi connectivity index (χ4n) is 2.03. The first-order chi connectivity index (χ1) is 10.0. The van der Waals surface area contributed by atoms with Crippen molar-refractivity contribution in [1.82, 2.24) is 14.8 Å². The maximum absolute atomic E-state index is 14.1. The van der Waals surface area contributed by atoms with Crippen molar-refractivity contribution in [3.8, 4) is 0 Å². The minimum atomic E-state index is -0.323. The molecule has 0 saturated heterocycles. The van der Waals surface area contributed by atoms with Crippen molar-refractivity contribution in [3.63, 3.8) is 0 Å². The Kier molecular flexibility index (Phi) is 5.19. The van der Waals surface area contributed by atoms with Crippen LogP contribution < -0.4 is 11.4 Å². The first kappa shape index (κ1) is 15.8. The van der Waals surface area contributed by atoms with Crippen LogP contribution in [0.2, 0.25) is 0 Å². The summed E-state index contributed by atoms with van der Waals surface area (Å²) in [6.07, 6.45) is 1.44. The molecule has 0 aliphatic rings. The van der Waals surface area contributed by atoms with E-state index in [4.69, 9.17) is 5.73 Å². The van der Waals surface area contributed by atoms with E-state index in [1.165, 1.54) is 10.6 Å². The number of nitrogens with two attached hydrogens (primary N) is 1. The van der Waals surface area contributed by atoms with Gasteiger partial charge in [0.1, 0.15) is 5.82 Å². The predicted octanol–water partition coefficient (Wildman–Crippen LogP) is 2.16. The molecule has 1 atom stereocenters. The molecule has 0 spiro atoms. The quantitative estimate of drug-likeness (QED) is 0.857. The predicted molar refractivity (Wildman–Crippen MR) is 81.0 cm³/mol. The third-order valence-corrected chi connectivity index (χ3v) is 3.97. The van der Waals surface area contributed by atoms with E-state index in [0.29, 0.717) is 23.0 Å². The van der Waals surface area contributed by atoms with Crippen LogP contribution in [-0.4, -0.2) is 20.8 Å². The van der Waals surface area contributed by atoms with Gasteiger partial charge < -0.3 is 5.73 Å². The Morgan fingerprint density at radius 3 is 2.90 bits per heavy atom. The van der Waals surface area contributed by atoms with Crippen LogP contribution in [0.1, 0.15) is 25.8 Å². The van der Waals surface area contributed by atoms with Gasteiger partial charge in [0.2, 0.25) is 0 Å². The number of hydrogen-bond acceptors (Lipinski definition) is 4. The van der Waals surface area contributed by atoms with E-state index >= 15 is 0 Å². The molecule has 1 unspecified atom stereocenters. The highest BCUT2D eigenvalue weighted by molar-refractivity contribution is 7.99. The van der Waals surface area contributed by atoms with Gasteiger partial charge in [-0.2, -0.15) is 0 Å². The minimum Gasteiger partial charge on any atom is -0.328 e. The fraction of sp³-hybridized carbons (Fsp3) is 0.429. The summed E-state index contributed by atoms with van der Waals surface area (Å²) in [6, 6.07) is 5.03. The van der Waals surface area contributed by atoms with Gasteiger partial charge in [-0.05, 0) is 49.2 Å². The Morgan fingerprint density at radius 1 is 1.52 bits per heavy atom. The summed E-state index contributed by atoms with van der Waals surface area (Å²) in [5.41, 5.74) is 6.30. The fourth-order valence-corrected chi connectivity index (χ4v) is 2.89. The van der Waals surface area contributed by atoms with Gasteiger partial charge in [-0.25, -0.2) is 14.3 Å². The van der Waals surface area contributed by atoms with Crippen molar-refractivity contribution >= 4 is 11.8 Å². The number of nitrogens with one attached hydrogen (secondary N) is 1. The lowest BCUT2D eigenvalue weighted by molar-refractivity contribution is 0.590. The molecule has 2 aromatic rings. The van der Waals surface area contributed by atoms with Crippen molar-refractivity contribution in [2.45, 2.75) is 49.3 Å². The monoisotopic (exact) mass is 310 g/mol. The second-order valence-electron chi connectivity index (χ2n) is 5.01. The van der Waals surface area contributed by atoms with E-state index in [-0.39, 0.29) is 17.5 Å². The van der Waals surface area contributed by atoms with Gasteiger partial charge in [-0.3, -0.25) is 4.57 Å². The number of H-pyrrole nitrogens is 1. The summed E-state index contributed by atoms with van der Waals surface area (Å²) in [6.45, 7) is 4.41. The lowest BCUT2D eigenvalue weighted by atomic mass is 10.1. The zero-order valence-electron chi connectivity index (χ0n) is 12.1. The van der Waals surface area contributed by atoms with Gasteiger partial charge in [0.15, 0.2) is 5.16 Å². The van der Waals surface area contributed by atoms with Gasteiger partial charge in [-0.15, -0.1) is 5.10 Å². The Hall–Kier alpha value is -1.60. The molecule has 0 aliphatic heterocycles. The highest BCUT2D eigenvalue weighted by Gasteiger charge is 2.13. The second-order valence-corrected chi connectivity index (χ2v) is 6.02. The molecular weight excluding hydrogens is 291 g/mol. The zero-order chi connectivity index (χ0) is 15.4. The van der Waals surface area contributed by atoms with Crippen LogP contribution in [0.3, 0.4) is 0 Å². The Balaban J connectivity index is 2.22. The van der Waals surface area contributed by atoms with Crippen LogP contribution >= 0.6 is 11.8 Å². The molecule has 1 heterocycles. The van der Waals surface area contributed by atoms with Gasteiger partial charge in [-0.1, -0.05) is 13.0 Å². The first-order valence-electron chi connectivity index (χ1n) is 6.88. The second kappa shape index (κ2) is 6.91. The third kappa shape index (κ3) is 3.95. The standard InChI is InChI=1S/C14H19FN4OS/c1-3-6-19-13(20)17-18-14(19)21-12-5-4-10(7-9(2)16)8-11(12)15/h4-5,8-9H,3,6-7,16H2,1-2H3,(H,17,20). The van der Waals surface area contributed by atoms with Crippen molar-refractivity contribution in [2.75, 3.05) is 0 Å². The Bertz CT molecular complexity index is 665. The highest BCUT2D eigenvalue weighted by atomic mass is 32.2. The number of hydrogen-bond donors (Lipinski definition) is 2. The molecule has 2 rings (SSSR count). The van der Waals surface area contributed by atoms with E-state index in [1.54, 1.807) is 6.07 Å².